The number of Topliss-reactive ketones (excluding diaryl/α,β-unsaturated/α-hetero) is 1. The van der Waals surface area contributed by atoms with E-state index in [4.69, 9.17) is 5.73 Å². The van der Waals surface area contributed by atoms with Crippen molar-refractivity contribution in [1.29, 1.82) is 0 Å². The fraction of sp³-hybridized carbons (Fsp3) is 0.333. The fourth-order valence-electron chi connectivity index (χ4n) is 1.69. The van der Waals surface area contributed by atoms with Gasteiger partial charge in [0, 0.05) is 17.6 Å². The molecule has 0 fully saturated rings. The van der Waals surface area contributed by atoms with Crippen molar-refractivity contribution in [2.24, 2.45) is 5.73 Å². The molecule has 2 aromatic rings. The summed E-state index contributed by atoms with van der Waals surface area (Å²) < 4.78 is 1.72. The zero-order valence-electron chi connectivity index (χ0n) is 9.67. The van der Waals surface area contributed by atoms with Crippen molar-refractivity contribution in [3.63, 3.8) is 0 Å². The summed E-state index contributed by atoms with van der Waals surface area (Å²) in [5.74, 6) is -0.0709. The van der Waals surface area contributed by atoms with Gasteiger partial charge >= 0.3 is 0 Å². The normalized spacial score (nSPS) is 12.6. The van der Waals surface area contributed by atoms with E-state index in [0.717, 1.165) is 17.8 Å². The van der Waals surface area contributed by atoms with E-state index < -0.39 is 6.04 Å². The van der Waals surface area contributed by atoms with Crippen molar-refractivity contribution in [2.75, 3.05) is 0 Å². The summed E-state index contributed by atoms with van der Waals surface area (Å²) in [6, 6.07) is 4.93. The highest BCUT2D eigenvalue weighted by atomic mass is 32.1. The number of nitrogens with two attached hydrogens (primary N) is 1. The number of hydrogen-bond donors (Lipinski definition) is 1. The lowest BCUT2D eigenvalue weighted by molar-refractivity contribution is 0.0952. The van der Waals surface area contributed by atoms with E-state index in [1.54, 1.807) is 16.9 Å². The Hall–Kier alpha value is -1.46. The van der Waals surface area contributed by atoms with E-state index in [9.17, 15) is 4.79 Å². The zero-order valence-corrected chi connectivity index (χ0v) is 10.5. The van der Waals surface area contributed by atoms with Crippen LogP contribution in [0.15, 0.2) is 29.8 Å². The van der Waals surface area contributed by atoms with Crippen molar-refractivity contribution in [3.05, 3.63) is 40.3 Å². The first-order valence-corrected chi connectivity index (χ1v) is 6.47. The van der Waals surface area contributed by atoms with E-state index >= 15 is 0 Å². The molecule has 1 atom stereocenters. The summed E-state index contributed by atoms with van der Waals surface area (Å²) in [7, 11) is 0. The lowest BCUT2D eigenvalue weighted by atomic mass is 10.1. The maximum Gasteiger partial charge on any atom is 0.202 e. The van der Waals surface area contributed by atoms with Gasteiger partial charge in [-0.05, 0) is 23.9 Å². The number of carbonyl (C=O) groups excluding carboxylic acids is 1. The van der Waals surface area contributed by atoms with Gasteiger partial charge in [0.25, 0.3) is 0 Å². The molecular formula is C12H15N3OS. The van der Waals surface area contributed by atoms with Crippen molar-refractivity contribution in [3.8, 4) is 0 Å². The molecule has 2 aromatic heterocycles. The SMILES string of the molecule is CCCn1nccc1C(=O)C(N)c1cccs1. The van der Waals surface area contributed by atoms with Crippen LogP contribution in [0, 0.1) is 0 Å². The Bertz CT molecular complexity index is 490. The molecule has 0 aliphatic carbocycles. The minimum Gasteiger partial charge on any atom is -0.317 e. The van der Waals surface area contributed by atoms with Gasteiger partial charge in [-0.3, -0.25) is 9.48 Å². The molecule has 0 aromatic carbocycles. The third-order valence-electron chi connectivity index (χ3n) is 2.54. The zero-order chi connectivity index (χ0) is 12.3. The molecule has 0 radical (unpaired) electrons. The molecule has 4 nitrogen and oxygen atoms in total. The van der Waals surface area contributed by atoms with Crippen molar-refractivity contribution in [2.45, 2.75) is 25.9 Å². The van der Waals surface area contributed by atoms with Gasteiger partial charge in [0.1, 0.15) is 11.7 Å². The van der Waals surface area contributed by atoms with Crippen LogP contribution in [-0.4, -0.2) is 15.6 Å². The van der Waals surface area contributed by atoms with Crippen LogP contribution in [-0.2, 0) is 6.54 Å². The van der Waals surface area contributed by atoms with Gasteiger partial charge < -0.3 is 5.73 Å². The van der Waals surface area contributed by atoms with Crippen molar-refractivity contribution >= 4 is 17.1 Å². The van der Waals surface area contributed by atoms with Crippen LogP contribution < -0.4 is 5.73 Å². The van der Waals surface area contributed by atoms with Crippen LogP contribution in [0.2, 0.25) is 0 Å². The van der Waals surface area contributed by atoms with Gasteiger partial charge in [0.05, 0.1) is 0 Å². The molecule has 0 saturated carbocycles. The Balaban J connectivity index is 2.22. The highest BCUT2D eigenvalue weighted by Crippen LogP contribution is 2.20. The van der Waals surface area contributed by atoms with Crippen molar-refractivity contribution < 1.29 is 4.79 Å². The second-order valence-corrected chi connectivity index (χ2v) is 4.78. The second kappa shape index (κ2) is 5.25. The van der Waals surface area contributed by atoms with Crippen LogP contribution in [0.5, 0.6) is 0 Å². The van der Waals surface area contributed by atoms with E-state index in [-0.39, 0.29) is 5.78 Å². The molecule has 0 bridgehead atoms. The first-order chi connectivity index (χ1) is 8.24. The number of ketones is 1. The Morgan fingerprint density at radius 2 is 2.41 bits per heavy atom. The molecule has 0 amide bonds. The Labute approximate surface area is 104 Å². The van der Waals surface area contributed by atoms with Crippen LogP contribution in [0.25, 0.3) is 0 Å². The Kier molecular flexibility index (Phi) is 3.71. The van der Waals surface area contributed by atoms with E-state index in [2.05, 4.69) is 12.0 Å². The van der Waals surface area contributed by atoms with Gasteiger partial charge in [-0.2, -0.15) is 5.10 Å². The minimum atomic E-state index is -0.581. The molecule has 0 saturated heterocycles. The third-order valence-corrected chi connectivity index (χ3v) is 3.49. The predicted molar refractivity (Wildman–Crippen MR) is 68.1 cm³/mol. The van der Waals surface area contributed by atoms with E-state index in [1.165, 1.54) is 11.3 Å². The van der Waals surface area contributed by atoms with E-state index in [1.807, 2.05) is 17.5 Å². The molecule has 17 heavy (non-hydrogen) atoms. The van der Waals surface area contributed by atoms with Crippen LogP contribution in [0.3, 0.4) is 0 Å². The number of nitrogens with zero attached hydrogens (tertiary/aromatic N) is 2. The lowest BCUT2D eigenvalue weighted by Crippen LogP contribution is -2.23. The fourth-order valence-corrected chi connectivity index (χ4v) is 2.41. The first-order valence-electron chi connectivity index (χ1n) is 5.59. The standard InChI is InChI=1S/C12H15N3OS/c1-2-7-15-9(5-6-14-15)12(16)11(13)10-4-3-8-17-10/h3-6,8,11H,2,7,13H2,1H3. The summed E-state index contributed by atoms with van der Waals surface area (Å²) in [4.78, 5) is 13.1. The first kappa shape index (κ1) is 12.0. The highest BCUT2D eigenvalue weighted by Gasteiger charge is 2.21. The number of aryl methyl sites for hydroxylation is 1. The van der Waals surface area contributed by atoms with Gasteiger partial charge in [0.15, 0.2) is 0 Å². The van der Waals surface area contributed by atoms with Crippen LogP contribution >= 0.6 is 11.3 Å². The van der Waals surface area contributed by atoms with E-state index in [0.29, 0.717) is 5.69 Å². The molecule has 1 unspecified atom stereocenters. The molecule has 0 spiro atoms. The number of hydrogen-bond acceptors (Lipinski definition) is 4. The molecule has 2 N–H and O–H groups in total. The monoisotopic (exact) mass is 249 g/mol. The van der Waals surface area contributed by atoms with Gasteiger partial charge in [-0.1, -0.05) is 13.0 Å². The predicted octanol–water partition coefficient (Wildman–Crippen LogP) is 2.24. The number of aromatic nitrogens is 2. The average molecular weight is 249 g/mol. The van der Waals surface area contributed by atoms with Crippen LogP contribution in [0.1, 0.15) is 34.8 Å². The lowest BCUT2D eigenvalue weighted by Gasteiger charge is -2.10. The summed E-state index contributed by atoms with van der Waals surface area (Å²) in [5, 5.41) is 6.06. The summed E-state index contributed by atoms with van der Waals surface area (Å²) >= 11 is 1.50. The third kappa shape index (κ3) is 2.45. The summed E-state index contributed by atoms with van der Waals surface area (Å²) in [6.07, 6.45) is 2.58. The Morgan fingerprint density at radius 3 is 3.06 bits per heavy atom. The molecule has 90 valence electrons. The smallest absolute Gasteiger partial charge is 0.202 e. The number of rotatable bonds is 5. The van der Waals surface area contributed by atoms with Gasteiger partial charge in [-0.25, -0.2) is 0 Å². The summed E-state index contributed by atoms with van der Waals surface area (Å²) in [5.41, 5.74) is 6.55. The van der Waals surface area contributed by atoms with Crippen LogP contribution in [0.4, 0.5) is 0 Å². The topological polar surface area (TPSA) is 60.9 Å². The molecule has 2 heterocycles. The molecule has 5 heteroatoms. The van der Waals surface area contributed by atoms with Crippen molar-refractivity contribution in [1.82, 2.24) is 9.78 Å². The minimum absolute atomic E-state index is 0.0709. The van der Waals surface area contributed by atoms with Gasteiger partial charge in [-0.15, -0.1) is 11.3 Å². The quantitative estimate of drug-likeness (QED) is 0.827. The number of carbonyl (C=O) groups is 1. The van der Waals surface area contributed by atoms with Gasteiger partial charge in [0.2, 0.25) is 5.78 Å². The second-order valence-electron chi connectivity index (χ2n) is 3.80. The molecular weight excluding hydrogens is 234 g/mol. The highest BCUT2D eigenvalue weighted by molar-refractivity contribution is 7.10. The molecule has 0 aliphatic heterocycles. The maximum absolute atomic E-state index is 12.2. The average Bonchev–Trinajstić information content (AvgIpc) is 2.98. The largest absolute Gasteiger partial charge is 0.317 e. The summed E-state index contributed by atoms with van der Waals surface area (Å²) in [6.45, 7) is 2.79. The molecule has 0 aliphatic rings. The number of thiophene rings is 1. The molecule has 2 rings (SSSR count). The Morgan fingerprint density at radius 1 is 1.59 bits per heavy atom. The maximum atomic E-state index is 12.2.